The lowest BCUT2D eigenvalue weighted by Crippen LogP contribution is -2.42. The van der Waals surface area contributed by atoms with Gasteiger partial charge < -0.3 is 9.80 Å². The maximum Gasteiger partial charge on any atom is 0.417 e. The number of benzene rings is 2. The Labute approximate surface area is 180 Å². The molecule has 164 valence electrons. The van der Waals surface area contributed by atoms with Gasteiger partial charge in [0.15, 0.2) is 5.78 Å². The molecule has 0 radical (unpaired) electrons. The normalized spacial score (nSPS) is 15.5. The summed E-state index contributed by atoms with van der Waals surface area (Å²) in [6, 6.07) is 9.85. The number of likely N-dealkylation sites (tertiary alicyclic amines) is 1. The highest BCUT2D eigenvalue weighted by atomic mass is 35.5. The summed E-state index contributed by atoms with van der Waals surface area (Å²) in [7, 11) is 4.09. The van der Waals surface area contributed by atoms with Crippen molar-refractivity contribution in [1.29, 1.82) is 0 Å². The van der Waals surface area contributed by atoms with E-state index in [2.05, 4.69) is 16.8 Å². The van der Waals surface area contributed by atoms with Gasteiger partial charge in [0.25, 0.3) is 0 Å². The summed E-state index contributed by atoms with van der Waals surface area (Å²) in [6.07, 6.45) is -2.91. The molecule has 0 saturated carbocycles. The molecule has 1 saturated heterocycles. The number of rotatable bonds is 5. The number of hydrogen-bond donors (Lipinski definition) is 0. The first-order chi connectivity index (χ1) is 13.6. The second kappa shape index (κ2) is 9.79. The van der Waals surface area contributed by atoms with Crippen molar-refractivity contribution in [3.05, 3.63) is 65.0 Å². The number of hydrogen-bond acceptors (Lipinski definition) is 3. The highest BCUT2D eigenvalue weighted by Crippen LogP contribution is 2.33. The molecule has 0 N–H and O–H groups in total. The molecule has 3 rings (SSSR count). The molecule has 0 unspecified atom stereocenters. The van der Waals surface area contributed by atoms with Crippen LogP contribution in [0.1, 0.15) is 34.3 Å². The van der Waals surface area contributed by atoms with Crippen LogP contribution in [0.2, 0.25) is 0 Å². The summed E-state index contributed by atoms with van der Waals surface area (Å²) in [5.74, 6) is -1.70. The molecule has 8 heteroatoms. The SMILES string of the molecule is CN1CCC(N(C)c2cccc(CC(=O)c3ccc(F)cc3C(F)(F)F)c2)CC1.Cl. The quantitative estimate of drug-likeness (QED) is 0.466. The van der Waals surface area contributed by atoms with Gasteiger partial charge in [-0.05, 0) is 68.9 Å². The van der Waals surface area contributed by atoms with E-state index >= 15 is 0 Å². The summed E-state index contributed by atoms with van der Waals surface area (Å²) >= 11 is 0. The number of Topliss-reactive ketones (excluding diaryl/α,β-unsaturated/α-hetero) is 1. The summed E-state index contributed by atoms with van der Waals surface area (Å²) < 4.78 is 52.9. The summed E-state index contributed by atoms with van der Waals surface area (Å²) in [5.41, 5.74) is -0.181. The minimum Gasteiger partial charge on any atom is -0.372 e. The largest absolute Gasteiger partial charge is 0.417 e. The van der Waals surface area contributed by atoms with Gasteiger partial charge >= 0.3 is 6.18 Å². The summed E-state index contributed by atoms with van der Waals surface area (Å²) in [6.45, 7) is 2.02. The van der Waals surface area contributed by atoms with Crippen molar-refractivity contribution in [2.24, 2.45) is 0 Å². The maximum atomic E-state index is 13.3. The van der Waals surface area contributed by atoms with Gasteiger partial charge in [-0.25, -0.2) is 4.39 Å². The van der Waals surface area contributed by atoms with Crippen LogP contribution >= 0.6 is 12.4 Å². The molecule has 0 aromatic heterocycles. The first kappa shape index (κ1) is 24.2. The van der Waals surface area contributed by atoms with Gasteiger partial charge in [0, 0.05) is 30.8 Å². The minimum absolute atomic E-state index is 0. The third kappa shape index (κ3) is 5.73. The number of carbonyl (C=O) groups is 1. The van der Waals surface area contributed by atoms with E-state index in [9.17, 15) is 22.4 Å². The lowest BCUT2D eigenvalue weighted by atomic mass is 9.97. The van der Waals surface area contributed by atoms with Gasteiger partial charge in [0.05, 0.1) is 5.56 Å². The lowest BCUT2D eigenvalue weighted by molar-refractivity contribution is -0.138. The average Bonchev–Trinajstić information content (AvgIpc) is 2.67. The molecular formula is C22H25ClF4N2O. The number of ketones is 1. The lowest BCUT2D eigenvalue weighted by Gasteiger charge is -2.36. The van der Waals surface area contributed by atoms with E-state index in [1.807, 2.05) is 19.2 Å². The third-order valence-electron chi connectivity index (χ3n) is 5.51. The molecule has 0 bridgehead atoms. The minimum atomic E-state index is -4.79. The van der Waals surface area contributed by atoms with Crippen LogP contribution < -0.4 is 4.90 Å². The number of piperidine rings is 1. The van der Waals surface area contributed by atoms with Gasteiger partial charge in [-0.15, -0.1) is 12.4 Å². The molecule has 2 aromatic carbocycles. The van der Waals surface area contributed by atoms with E-state index in [-0.39, 0.29) is 18.8 Å². The van der Waals surface area contributed by atoms with Crippen molar-refractivity contribution in [1.82, 2.24) is 4.90 Å². The molecule has 30 heavy (non-hydrogen) atoms. The van der Waals surface area contributed by atoms with Crippen molar-refractivity contribution >= 4 is 23.9 Å². The van der Waals surface area contributed by atoms with Crippen LogP contribution in [0.4, 0.5) is 23.2 Å². The fourth-order valence-corrected chi connectivity index (χ4v) is 3.75. The Bertz CT molecular complexity index is 880. The predicted molar refractivity (Wildman–Crippen MR) is 112 cm³/mol. The van der Waals surface area contributed by atoms with Crippen LogP contribution in [0.15, 0.2) is 42.5 Å². The van der Waals surface area contributed by atoms with Gasteiger partial charge in [-0.1, -0.05) is 12.1 Å². The van der Waals surface area contributed by atoms with Gasteiger partial charge in [-0.3, -0.25) is 4.79 Å². The second-order valence-electron chi connectivity index (χ2n) is 7.60. The zero-order valence-corrected chi connectivity index (χ0v) is 17.7. The van der Waals surface area contributed by atoms with Crippen LogP contribution in [0.25, 0.3) is 0 Å². The van der Waals surface area contributed by atoms with Crippen molar-refractivity contribution in [3.63, 3.8) is 0 Å². The zero-order valence-electron chi connectivity index (χ0n) is 16.9. The van der Waals surface area contributed by atoms with Crippen molar-refractivity contribution < 1.29 is 22.4 Å². The van der Waals surface area contributed by atoms with E-state index in [0.717, 1.165) is 43.8 Å². The average molecular weight is 445 g/mol. The fraction of sp³-hybridized carbons (Fsp3) is 0.409. The summed E-state index contributed by atoms with van der Waals surface area (Å²) in [4.78, 5) is 17.0. The van der Waals surface area contributed by atoms with Crippen LogP contribution in [0, 0.1) is 5.82 Å². The van der Waals surface area contributed by atoms with E-state index < -0.39 is 28.9 Å². The monoisotopic (exact) mass is 444 g/mol. The Balaban J connectivity index is 0.00000320. The highest BCUT2D eigenvalue weighted by molar-refractivity contribution is 5.99. The Morgan fingerprint density at radius 3 is 2.43 bits per heavy atom. The molecule has 0 atom stereocenters. The third-order valence-corrected chi connectivity index (χ3v) is 5.51. The van der Waals surface area contributed by atoms with Crippen LogP contribution in [-0.2, 0) is 12.6 Å². The van der Waals surface area contributed by atoms with Crippen LogP contribution in [-0.4, -0.2) is 43.9 Å². The number of alkyl halides is 3. The number of anilines is 1. The standard InChI is InChI=1S/C22H24F4N2O.ClH/c1-27-10-8-17(9-11-27)28(2)18-5-3-4-15(12-18)13-21(29)19-7-6-16(23)14-20(19)22(24,25)26;/h3-7,12,14,17H,8-11,13H2,1-2H3;1H. The van der Waals surface area contributed by atoms with E-state index in [0.29, 0.717) is 17.7 Å². The zero-order chi connectivity index (χ0) is 21.2. The smallest absolute Gasteiger partial charge is 0.372 e. The highest BCUT2D eigenvalue weighted by Gasteiger charge is 2.35. The fourth-order valence-electron chi connectivity index (χ4n) is 3.75. The maximum absolute atomic E-state index is 13.3. The predicted octanol–water partition coefficient (Wildman–Crippen LogP) is 5.22. The molecular weight excluding hydrogens is 420 g/mol. The van der Waals surface area contributed by atoms with Crippen LogP contribution in [0.3, 0.4) is 0 Å². The first-order valence-corrected chi connectivity index (χ1v) is 9.55. The van der Waals surface area contributed by atoms with E-state index in [1.165, 1.54) is 0 Å². The summed E-state index contributed by atoms with van der Waals surface area (Å²) in [5, 5.41) is 0. The van der Waals surface area contributed by atoms with Crippen molar-refractivity contribution in [3.8, 4) is 0 Å². The molecule has 0 aliphatic carbocycles. The van der Waals surface area contributed by atoms with Crippen molar-refractivity contribution in [2.45, 2.75) is 31.5 Å². The Morgan fingerprint density at radius 1 is 1.13 bits per heavy atom. The van der Waals surface area contributed by atoms with Gasteiger partial charge in [0.2, 0.25) is 0 Å². The number of carbonyl (C=O) groups excluding carboxylic acids is 1. The van der Waals surface area contributed by atoms with Crippen molar-refractivity contribution in [2.75, 3.05) is 32.1 Å². The molecule has 2 aromatic rings. The molecule has 1 aliphatic heterocycles. The molecule has 3 nitrogen and oxygen atoms in total. The molecule has 0 spiro atoms. The number of nitrogens with zero attached hydrogens (tertiary/aromatic N) is 2. The van der Waals surface area contributed by atoms with Crippen LogP contribution in [0.5, 0.6) is 0 Å². The van der Waals surface area contributed by atoms with E-state index in [4.69, 9.17) is 0 Å². The molecule has 1 heterocycles. The molecule has 1 aliphatic rings. The molecule has 0 amide bonds. The first-order valence-electron chi connectivity index (χ1n) is 9.55. The van der Waals surface area contributed by atoms with Gasteiger partial charge in [-0.2, -0.15) is 13.2 Å². The second-order valence-corrected chi connectivity index (χ2v) is 7.60. The Kier molecular flexibility index (Phi) is 7.88. The number of halogens is 5. The topological polar surface area (TPSA) is 23.6 Å². The van der Waals surface area contributed by atoms with Gasteiger partial charge in [0.1, 0.15) is 5.82 Å². The Morgan fingerprint density at radius 2 is 1.80 bits per heavy atom. The molecule has 1 fully saturated rings. The van der Waals surface area contributed by atoms with E-state index in [1.54, 1.807) is 12.1 Å². The Hall–Kier alpha value is -2.12.